The maximum atomic E-state index is 14.4. The molecular formula is C23H19FN4OS. The average Bonchev–Trinajstić information content (AvgIpc) is 3.18. The molecule has 0 fully saturated rings. The van der Waals surface area contributed by atoms with Crippen LogP contribution in [0.1, 0.15) is 5.56 Å². The summed E-state index contributed by atoms with van der Waals surface area (Å²) in [6.07, 6.45) is 0. The molecule has 1 N–H and O–H groups in total. The van der Waals surface area contributed by atoms with Gasteiger partial charge in [-0.25, -0.2) is 4.39 Å². The van der Waals surface area contributed by atoms with Crippen molar-refractivity contribution in [3.8, 4) is 17.1 Å². The lowest BCUT2D eigenvalue weighted by Gasteiger charge is -2.11. The molecule has 0 aliphatic heterocycles. The Labute approximate surface area is 178 Å². The van der Waals surface area contributed by atoms with Gasteiger partial charge in [-0.1, -0.05) is 59.8 Å². The highest BCUT2D eigenvalue weighted by Crippen LogP contribution is 2.29. The average molecular weight is 418 g/mol. The Kier molecular flexibility index (Phi) is 5.90. The van der Waals surface area contributed by atoms with Gasteiger partial charge in [-0.15, -0.1) is 10.2 Å². The molecule has 0 radical (unpaired) electrons. The van der Waals surface area contributed by atoms with Crippen LogP contribution in [-0.4, -0.2) is 26.4 Å². The summed E-state index contributed by atoms with van der Waals surface area (Å²) in [6, 6.07) is 23.5. The van der Waals surface area contributed by atoms with Crippen LogP contribution in [0.2, 0.25) is 0 Å². The van der Waals surface area contributed by atoms with Gasteiger partial charge < -0.3 is 5.32 Å². The van der Waals surface area contributed by atoms with Gasteiger partial charge in [0.15, 0.2) is 11.0 Å². The number of carbonyl (C=O) groups excluding carboxylic acids is 1. The molecule has 7 heteroatoms. The standard InChI is InChI=1S/C23H19FN4OS/c1-16-11-13-17(14-12-16)25-21(29)15-30-23-27-26-22(19-9-5-6-10-20(19)24)28(23)18-7-3-2-4-8-18/h2-14H,15H2,1H3,(H,25,29). The van der Waals surface area contributed by atoms with Crippen molar-refractivity contribution in [2.24, 2.45) is 0 Å². The molecule has 0 saturated heterocycles. The smallest absolute Gasteiger partial charge is 0.234 e. The van der Waals surface area contributed by atoms with Crippen LogP contribution in [0.5, 0.6) is 0 Å². The van der Waals surface area contributed by atoms with E-state index in [1.807, 2.05) is 61.5 Å². The first-order valence-corrected chi connectivity index (χ1v) is 10.4. The summed E-state index contributed by atoms with van der Waals surface area (Å²) in [5, 5.41) is 11.8. The molecule has 0 aliphatic carbocycles. The second-order valence-electron chi connectivity index (χ2n) is 6.66. The van der Waals surface area contributed by atoms with Crippen LogP contribution >= 0.6 is 11.8 Å². The number of thioether (sulfide) groups is 1. The fourth-order valence-corrected chi connectivity index (χ4v) is 3.71. The van der Waals surface area contributed by atoms with Crippen molar-refractivity contribution in [1.82, 2.24) is 14.8 Å². The molecule has 0 unspecified atom stereocenters. The summed E-state index contributed by atoms with van der Waals surface area (Å²) in [5.74, 6) is 0.00577. The number of hydrogen-bond acceptors (Lipinski definition) is 4. The third-order valence-corrected chi connectivity index (χ3v) is 5.36. The van der Waals surface area contributed by atoms with Gasteiger partial charge in [0, 0.05) is 11.4 Å². The van der Waals surface area contributed by atoms with Gasteiger partial charge >= 0.3 is 0 Å². The van der Waals surface area contributed by atoms with E-state index in [1.165, 1.54) is 17.8 Å². The van der Waals surface area contributed by atoms with E-state index in [-0.39, 0.29) is 17.5 Å². The summed E-state index contributed by atoms with van der Waals surface area (Å²) in [4.78, 5) is 12.4. The summed E-state index contributed by atoms with van der Waals surface area (Å²) in [5.41, 5.74) is 3.01. The normalized spacial score (nSPS) is 10.7. The highest BCUT2D eigenvalue weighted by atomic mass is 32.2. The molecule has 0 spiro atoms. The summed E-state index contributed by atoms with van der Waals surface area (Å²) in [7, 11) is 0. The van der Waals surface area contributed by atoms with Crippen molar-refractivity contribution in [3.05, 3.63) is 90.2 Å². The third kappa shape index (κ3) is 4.41. The van der Waals surface area contributed by atoms with Crippen LogP contribution in [0.3, 0.4) is 0 Å². The lowest BCUT2D eigenvalue weighted by molar-refractivity contribution is -0.113. The second-order valence-corrected chi connectivity index (χ2v) is 7.60. The number of nitrogens with one attached hydrogen (secondary N) is 1. The van der Waals surface area contributed by atoms with Gasteiger partial charge in [-0.3, -0.25) is 9.36 Å². The maximum absolute atomic E-state index is 14.4. The Morgan fingerprint density at radius 1 is 0.967 bits per heavy atom. The van der Waals surface area contributed by atoms with E-state index < -0.39 is 0 Å². The first-order chi connectivity index (χ1) is 14.6. The lowest BCUT2D eigenvalue weighted by atomic mass is 10.2. The Hall–Kier alpha value is -3.45. The quantitative estimate of drug-likeness (QED) is 0.442. The summed E-state index contributed by atoms with van der Waals surface area (Å²) in [6.45, 7) is 1.99. The van der Waals surface area contributed by atoms with E-state index in [0.717, 1.165) is 16.9 Å². The van der Waals surface area contributed by atoms with Crippen LogP contribution in [0.4, 0.5) is 10.1 Å². The largest absolute Gasteiger partial charge is 0.325 e. The van der Waals surface area contributed by atoms with E-state index in [2.05, 4.69) is 15.5 Å². The minimum Gasteiger partial charge on any atom is -0.325 e. The van der Waals surface area contributed by atoms with Crippen molar-refractivity contribution in [3.63, 3.8) is 0 Å². The molecule has 0 bridgehead atoms. The van der Waals surface area contributed by atoms with Gasteiger partial charge in [0.25, 0.3) is 0 Å². The molecule has 4 aromatic rings. The number of aromatic nitrogens is 3. The molecule has 150 valence electrons. The Bertz CT molecular complexity index is 1160. The number of rotatable bonds is 6. The molecule has 1 aromatic heterocycles. The van der Waals surface area contributed by atoms with Crippen LogP contribution in [0.15, 0.2) is 84.0 Å². The third-order valence-electron chi connectivity index (χ3n) is 4.43. The van der Waals surface area contributed by atoms with E-state index in [0.29, 0.717) is 16.5 Å². The number of aryl methyl sites for hydroxylation is 1. The van der Waals surface area contributed by atoms with Crippen molar-refractivity contribution in [2.45, 2.75) is 12.1 Å². The van der Waals surface area contributed by atoms with Gasteiger partial charge in [-0.2, -0.15) is 0 Å². The number of carbonyl (C=O) groups is 1. The van der Waals surface area contributed by atoms with Gasteiger partial charge in [0.2, 0.25) is 5.91 Å². The zero-order valence-electron chi connectivity index (χ0n) is 16.2. The summed E-state index contributed by atoms with van der Waals surface area (Å²) < 4.78 is 16.2. The second kappa shape index (κ2) is 8.92. The number of amides is 1. The highest BCUT2D eigenvalue weighted by molar-refractivity contribution is 7.99. The van der Waals surface area contributed by atoms with E-state index >= 15 is 0 Å². The maximum Gasteiger partial charge on any atom is 0.234 e. The van der Waals surface area contributed by atoms with E-state index in [1.54, 1.807) is 22.8 Å². The Morgan fingerprint density at radius 2 is 1.67 bits per heavy atom. The number of hydrogen-bond donors (Lipinski definition) is 1. The monoisotopic (exact) mass is 418 g/mol. The molecule has 1 amide bonds. The topological polar surface area (TPSA) is 59.8 Å². The van der Waals surface area contributed by atoms with Gasteiger partial charge in [0.05, 0.1) is 11.3 Å². The van der Waals surface area contributed by atoms with Crippen LogP contribution in [0, 0.1) is 12.7 Å². The number of para-hydroxylation sites is 1. The van der Waals surface area contributed by atoms with Crippen LogP contribution in [0.25, 0.3) is 17.1 Å². The predicted octanol–water partition coefficient (Wildman–Crippen LogP) is 5.11. The van der Waals surface area contributed by atoms with Crippen molar-refractivity contribution >= 4 is 23.4 Å². The first-order valence-electron chi connectivity index (χ1n) is 9.37. The lowest BCUT2D eigenvalue weighted by Crippen LogP contribution is -2.14. The molecular weight excluding hydrogens is 399 g/mol. The number of nitrogens with zero attached hydrogens (tertiary/aromatic N) is 3. The van der Waals surface area contributed by atoms with E-state index in [9.17, 15) is 9.18 Å². The molecule has 1 heterocycles. The fraction of sp³-hybridized carbons (Fsp3) is 0.0870. The highest BCUT2D eigenvalue weighted by Gasteiger charge is 2.19. The summed E-state index contributed by atoms with van der Waals surface area (Å²) >= 11 is 1.25. The van der Waals surface area contributed by atoms with Gasteiger partial charge in [-0.05, 0) is 43.3 Å². The molecule has 3 aromatic carbocycles. The molecule has 5 nitrogen and oxygen atoms in total. The van der Waals surface area contributed by atoms with Crippen LogP contribution in [-0.2, 0) is 4.79 Å². The molecule has 0 aliphatic rings. The SMILES string of the molecule is Cc1ccc(NC(=O)CSc2nnc(-c3ccccc3F)n2-c2ccccc2)cc1. The molecule has 30 heavy (non-hydrogen) atoms. The molecule has 0 saturated carbocycles. The predicted molar refractivity (Wildman–Crippen MR) is 117 cm³/mol. The van der Waals surface area contributed by atoms with Crippen LogP contribution < -0.4 is 5.32 Å². The Balaban J connectivity index is 1.59. The van der Waals surface area contributed by atoms with Gasteiger partial charge in [0.1, 0.15) is 5.82 Å². The number of anilines is 1. The number of benzene rings is 3. The number of halogens is 1. The zero-order valence-corrected chi connectivity index (χ0v) is 17.1. The molecule has 0 atom stereocenters. The molecule has 4 rings (SSSR count). The van der Waals surface area contributed by atoms with Crippen molar-refractivity contribution in [2.75, 3.05) is 11.1 Å². The minimum absolute atomic E-state index is 0.149. The first kappa shape index (κ1) is 19.8. The fourth-order valence-electron chi connectivity index (χ4n) is 2.95. The van der Waals surface area contributed by atoms with Crippen molar-refractivity contribution in [1.29, 1.82) is 0 Å². The zero-order chi connectivity index (χ0) is 20.9. The Morgan fingerprint density at radius 3 is 2.40 bits per heavy atom. The van der Waals surface area contributed by atoms with E-state index in [4.69, 9.17) is 0 Å². The minimum atomic E-state index is -0.379. The van der Waals surface area contributed by atoms with Crippen molar-refractivity contribution < 1.29 is 9.18 Å².